The minimum atomic E-state index is -0.408. The van der Waals surface area contributed by atoms with E-state index in [1.807, 2.05) is 19.4 Å². The van der Waals surface area contributed by atoms with Crippen LogP contribution in [0.15, 0.2) is 18.7 Å². The predicted molar refractivity (Wildman–Crippen MR) is 74.5 cm³/mol. The third-order valence-corrected chi connectivity index (χ3v) is 4.27. The number of rotatable bonds is 5. The van der Waals surface area contributed by atoms with Gasteiger partial charge >= 0.3 is 0 Å². The van der Waals surface area contributed by atoms with E-state index in [1.54, 1.807) is 6.20 Å². The fraction of sp³-hybridized carbons (Fsp3) is 0.714. The molecule has 0 bridgehead atoms. The maximum atomic E-state index is 12.2. The van der Waals surface area contributed by atoms with Gasteiger partial charge in [0, 0.05) is 18.4 Å². The van der Waals surface area contributed by atoms with Gasteiger partial charge in [-0.15, -0.1) is 0 Å². The topological polar surface area (TPSA) is 72.9 Å². The van der Waals surface area contributed by atoms with Crippen molar-refractivity contribution in [3.8, 4) is 0 Å². The van der Waals surface area contributed by atoms with Gasteiger partial charge < -0.3 is 15.6 Å². The first-order chi connectivity index (χ1) is 9.13. The quantitative estimate of drug-likeness (QED) is 0.845. The number of carbonyl (C=O) groups excluding carboxylic acids is 1. The Balaban J connectivity index is 1.96. The Morgan fingerprint density at radius 1 is 1.58 bits per heavy atom. The maximum Gasteiger partial charge on any atom is 0.237 e. The molecule has 1 amide bonds. The molecule has 2 rings (SSSR count). The Hall–Kier alpha value is -1.36. The van der Waals surface area contributed by atoms with Gasteiger partial charge in [-0.25, -0.2) is 4.98 Å². The molecule has 1 aromatic heterocycles. The van der Waals surface area contributed by atoms with Gasteiger partial charge in [-0.1, -0.05) is 20.3 Å². The molecule has 1 aliphatic carbocycles. The standard InChI is InChI=1S/C14H24N4O/c1-3-10(2)13(15)14(19)17-11-5-4-6-12(11)18-8-7-16-9-18/h7-13H,3-6,15H2,1-2H3,(H,17,19)/t10-,11?,12?,13-/m0/s1. The highest BCUT2D eigenvalue weighted by molar-refractivity contribution is 5.82. The van der Waals surface area contributed by atoms with Crippen LogP contribution >= 0.6 is 0 Å². The van der Waals surface area contributed by atoms with E-state index in [0.29, 0.717) is 6.04 Å². The summed E-state index contributed by atoms with van der Waals surface area (Å²) in [5, 5.41) is 3.12. The molecule has 0 aromatic carbocycles. The first kappa shape index (κ1) is 14.1. The number of hydrogen-bond acceptors (Lipinski definition) is 3. The summed E-state index contributed by atoms with van der Waals surface area (Å²) in [6, 6.07) is 0.0847. The molecule has 1 fully saturated rings. The number of imidazole rings is 1. The SMILES string of the molecule is CC[C@H](C)[C@H](N)C(=O)NC1CCCC1n1ccnc1. The molecule has 0 saturated heterocycles. The number of aromatic nitrogens is 2. The van der Waals surface area contributed by atoms with Crippen molar-refractivity contribution in [2.45, 2.75) is 57.7 Å². The molecular weight excluding hydrogens is 240 g/mol. The molecule has 5 nitrogen and oxygen atoms in total. The molecule has 1 aliphatic rings. The first-order valence-corrected chi connectivity index (χ1v) is 7.17. The van der Waals surface area contributed by atoms with Gasteiger partial charge in [-0.05, 0) is 25.2 Å². The highest BCUT2D eigenvalue weighted by atomic mass is 16.2. The normalized spacial score (nSPS) is 26.1. The van der Waals surface area contributed by atoms with Gasteiger partial charge in [0.1, 0.15) is 0 Å². The minimum absolute atomic E-state index is 0.0219. The third kappa shape index (κ3) is 3.15. The van der Waals surface area contributed by atoms with E-state index in [2.05, 4.69) is 21.8 Å². The monoisotopic (exact) mass is 264 g/mol. The molecule has 1 saturated carbocycles. The van der Waals surface area contributed by atoms with Crippen LogP contribution in [0, 0.1) is 5.92 Å². The van der Waals surface area contributed by atoms with Crippen molar-refractivity contribution in [2.24, 2.45) is 11.7 Å². The number of nitrogens with zero attached hydrogens (tertiary/aromatic N) is 2. The first-order valence-electron chi connectivity index (χ1n) is 7.17. The molecule has 19 heavy (non-hydrogen) atoms. The Morgan fingerprint density at radius 3 is 3.00 bits per heavy atom. The summed E-state index contributed by atoms with van der Waals surface area (Å²) < 4.78 is 2.09. The van der Waals surface area contributed by atoms with Crippen LogP contribution in [0.25, 0.3) is 0 Å². The second-order valence-electron chi connectivity index (χ2n) is 5.53. The van der Waals surface area contributed by atoms with E-state index in [0.717, 1.165) is 25.7 Å². The van der Waals surface area contributed by atoms with Crippen molar-refractivity contribution < 1.29 is 4.79 Å². The predicted octanol–water partition coefficient (Wildman–Crippen LogP) is 1.47. The van der Waals surface area contributed by atoms with Crippen LogP contribution in [0.2, 0.25) is 0 Å². The van der Waals surface area contributed by atoms with E-state index in [4.69, 9.17) is 5.73 Å². The maximum absolute atomic E-state index is 12.2. The lowest BCUT2D eigenvalue weighted by Gasteiger charge is -2.25. The zero-order chi connectivity index (χ0) is 13.8. The summed E-state index contributed by atoms with van der Waals surface area (Å²) in [5.74, 6) is 0.194. The van der Waals surface area contributed by atoms with Gasteiger partial charge in [0.25, 0.3) is 0 Å². The van der Waals surface area contributed by atoms with Gasteiger partial charge in [0.05, 0.1) is 18.4 Å². The fourth-order valence-electron chi connectivity index (χ4n) is 2.72. The second kappa shape index (κ2) is 6.19. The lowest BCUT2D eigenvalue weighted by molar-refractivity contribution is -0.124. The zero-order valence-corrected chi connectivity index (χ0v) is 11.7. The smallest absolute Gasteiger partial charge is 0.237 e. The van der Waals surface area contributed by atoms with Crippen molar-refractivity contribution in [3.63, 3.8) is 0 Å². The summed E-state index contributed by atoms with van der Waals surface area (Å²) in [7, 11) is 0. The van der Waals surface area contributed by atoms with Crippen LogP contribution in [-0.4, -0.2) is 27.5 Å². The Bertz CT molecular complexity index is 404. The largest absolute Gasteiger partial charge is 0.350 e. The van der Waals surface area contributed by atoms with E-state index >= 15 is 0 Å². The summed E-state index contributed by atoms with van der Waals surface area (Å²) >= 11 is 0. The van der Waals surface area contributed by atoms with Crippen molar-refractivity contribution in [2.75, 3.05) is 0 Å². The molecule has 2 unspecified atom stereocenters. The molecule has 0 aliphatic heterocycles. The van der Waals surface area contributed by atoms with Crippen molar-refractivity contribution >= 4 is 5.91 Å². The van der Waals surface area contributed by atoms with Crippen molar-refractivity contribution in [1.29, 1.82) is 0 Å². The lowest BCUT2D eigenvalue weighted by atomic mass is 9.99. The highest BCUT2D eigenvalue weighted by Gasteiger charge is 2.31. The van der Waals surface area contributed by atoms with Crippen LogP contribution in [0.3, 0.4) is 0 Å². The lowest BCUT2D eigenvalue weighted by Crippen LogP contribution is -2.49. The molecule has 0 spiro atoms. The minimum Gasteiger partial charge on any atom is -0.350 e. The molecule has 106 valence electrons. The summed E-state index contributed by atoms with van der Waals surface area (Å²) in [6.07, 6.45) is 9.72. The Labute approximate surface area is 114 Å². The molecule has 1 aromatic rings. The van der Waals surface area contributed by atoms with Crippen LogP contribution in [0.1, 0.15) is 45.6 Å². The van der Waals surface area contributed by atoms with Gasteiger partial charge in [-0.2, -0.15) is 0 Å². The second-order valence-corrected chi connectivity index (χ2v) is 5.53. The van der Waals surface area contributed by atoms with E-state index in [-0.39, 0.29) is 17.9 Å². The molecule has 0 radical (unpaired) electrons. The average Bonchev–Trinajstić information content (AvgIpc) is 3.06. The third-order valence-electron chi connectivity index (χ3n) is 4.27. The van der Waals surface area contributed by atoms with Crippen LogP contribution < -0.4 is 11.1 Å². The van der Waals surface area contributed by atoms with Crippen molar-refractivity contribution in [3.05, 3.63) is 18.7 Å². The van der Waals surface area contributed by atoms with Gasteiger partial charge in [0.2, 0.25) is 5.91 Å². The molecular formula is C14H24N4O. The zero-order valence-electron chi connectivity index (χ0n) is 11.7. The molecule has 5 heteroatoms. The number of carbonyl (C=O) groups is 1. The van der Waals surface area contributed by atoms with Gasteiger partial charge in [-0.3, -0.25) is 4.79 Å². The van der Waals surface area contributed by atoms with Gasteiger partial charge in [0.15, 0.2) is 0 Å². The van der Waals surface area contributed by atoms with E-state index in [1.165, 1.54) is 0 Å². The summed E-state index contributed by atoms with van der Waals surface area (Å²) in [5.41, 5.74) is 5.98. The summed E-state index contributed by atoms with van der Waals surface area (Å²) in [4.78, 5) is 16.2. The van der Waals surface area contributed by atoms with E-state index < -0.39 is 6.04 Å². The summed E-state index contributed by atoms with van der Waals surface area (Å²) in [6.45, 7) is 4.08. The number of hydrogen-bond donors (Lipinski definition) is 2. The molecule has 4 atom stereocenters. The average molecular weight is 264 g/mol. The van der Waals surface area contributed by atoms with Crippen molar-refractivity contribution in [1.82, 2.24) is 14.9 Å². The van der Waals surface area contributed by atoms with Crippen LogP contribution in [0.4, 0.5) is 0 Å². The number of nitrogens with one attached hydrogen (secondary N) is 1. The fourth-order valence-corrected chi connectivity index (χ4v) is 2.72. The van der Waals surface area contributed by atoms with Crippen LogP contribution in [-0.2, 0) is 4.79 Å². The highest BCUT2D eigenvalue weighted by Crippen LogP contribution is 2.30. The molecule has 1 heterocycles. The number of amides is 1. The number of nitrogens with two attached hydrogens (primary N) is 1. The Morgan fingerprint density at radius 2 is 2.37 bits per heavy atom. The molecule has 3 N–H and O–H groups in total. The Kier molecular flexibility index (Phi) is 4.58. The van der Waals surface area contributed by atoms with Crippen LogP contribution in [0.5, 0.6) is 0 Å². The van der Waals surface area contributed by atoms with E-state index in [9.17, 15) is 4.79 Å².